The summed E-state index contributed by atoms with van der Waals surface area (Å²) in [5.41, 5.74) is 15.1. The number of para-hydroxylation sites is 2. The first-order valence-electron chi connectivity index (χ1n) is 19.3. The maximum absolute atomic E-state index is 5.37. The zero-order chi connectivity index (χ0) is 36.3. The third-order valence-corrected chi connectivity index (χ3v) is 11.1. The standard InChI is InChI=1S/C47H35N5.C2H6/c1-29-25-32(28-38-36-18-8-9-20-41(36)51(46(29)38)33-14-3-2-4-15-33)30-22-23-43-37(26-30)35-17-7-10-21-42(35)52(43)47-49-44-34-16-6-5-13-31(34)27-39(44)45(50-47)40-19-11-12-24-48-40;1-2/h2-7,10-23,25-26,28,48H,8-9,24,27H2,1H3;1-2H3. The summed E-state index contributed by atoms with van der Waals surface area (Å²) in [6, 6.07) is 39.8. The van der Waals surface area contributed by atoms with Crippen LogP contribution in [0, 0.1) is 6.92 Å². The number of hydrogen-bond donors (Lipinski definition) is 1. The number of allylic oxidation sites excluding steroid dienone is 2. The van der Waals surface area contributed by atoms with Crippen LogP contribution in [0.15, 0.2) is 127 Å². The van der Waals surface area contributed by atoms with Gasteiger partial charge in [-0.15, -0.1) is 0 Å². The molecule has 0 atom stereocenters. The van der Waals surface area contributed by atoms with Crippen molar-refractivity contribution in [3.05, 3.63) is 160 Å². The minimum atomic E-state index is 0.694. The van der Waals surface area contributed by atoms with Gasteiger partial charge in [-0.3, -0.25) is 4.57 Å². The Bertz CT molecular complexity index is 2990. The lowest BCUT2D eigenvalue weighted by atomic mass is 9.98. The number of aryl methyl sites for hydroxylation is 1. The first kappa shape index (κ1) is 32.2. The van der Waals surface area contributed by atoms with Gasteiger partial charge >= 0.3 is 0 Å². The number of fused-ring (bicyclic) bond motifs is 9. The molecule has 0 saturated carbocycles. The molecular weight excluding hydrogens is 659 g/mol. The number of dihydropyridines is 1. The molecule has 0 saturated heterocycles. The fourth-order valence-electron chi connectivity index (χ4n) is 8.81. The Balaban J connectivity index is 0.00000178. The summed E-state index contributed by atoms with van der Waals surface area (Å²) in [6.07, 6.45) is 14.2. The average Bonchev–Trinajstić information content (AvgIpc) is 3.90. The Hall–Kier alpha value is -6.46. The zero-order valence-corrected chi connectivity index (χ0v) is 30.9. The van der Waals surface area contributed by atoms with Gasteiger partial charge in [-0.2, -0.15) is 0 Å². The molecule has 0 unspecified atom stereocenters. The van der Waals surface area contributed by atoms with Crippen LogP contribution in [0.25, 0.3) is 84.6 Å². The summed E-state index contributed by atoms with van der Waals surface area (Å²) >= 11 is 0. The van der Waals surface area contributed by atoms with Gasteiger partial charge in [0.1, 0.15) is 0 Å². The Morgan fingerprint density at radius 2 is 1.43 bits per heavy atom. The molecule has 2 aliphatic carbocycles. The molecule has 0 spiro atoms. The van der Waals surface area contributed by atoms with Gasteiger partial charge in [0.05, 0.1) is 33.6 Å². The summed E-state index contributed by atoms with van der Waals surface area (Å²) in [5.74, 6) is 0.694. The highest BCUT2D eigenvalue weighted by Gasteiger charge is 2.28. The summed E-state index contributed by atoms with van der Waals surface area (Å²) in [4.78, 5) is 10.7. The second-order valence-corrected chi connectivity index (χ2v) is 14.2. The number of nitrogens with one attached hydrogen (secondary N) is 1. The number of hydrogen-bond acceptors (Lipinski definition) is 3. The van der Waals surface area contributed by atoms with E-state index in [9.17, 15) is 0 Å². The van der Waals surface area contributed by atoms with E-state index < -0.39 is 0 Å². The molecule has 5 nitrogen and oxygen atoms in total. The highest BCUT2D eigenvalue weighted by molar-refractivity contribution is 6.10. The van der Waals surface area contributed by atoms with E-state index in [2.05, 4.69) is 161 Å². The molecule has 0 bridgehead atoms. The zero-order valence-electron chi connectivity index (χ0n) is 30.9. The summed E-state index contributed by atoms with van der Waals surface area (Å²) < 4.78 is 4.71. The molecule has 8 aromatic rings. The molecule has 3 aromatic heterocycles. The monoisotopic (exact) mass is 699 g/mol. The lowest BCUT2D eigenvalue weighted by Gasteiger charge is -2.17. The second-order valence-electron chi connectivity index (χ2n) is 14.2. The second kappa shape index (κ2) is 12.9. The van der Waals surface area contributed by atoms with Crippen molar-refractivity contribution >= 4 is 50.6 Å². The number of rotatable bonds is 4. The summed E-state index contributed by atoms with van der Waals surface area (Å²) in [6.45, 7) is 7.04. The van der Waals surface area contributed by atoms with Crippen molar-refractivity contribution < 1.29 is 0 Å². The van der Waals surface area contributed by atoms with Gasteiger partial charge in [0.15, 0.2) is 0 Å². The molecule has 54 heavy (non-hydrogen) atoms. The summed E-state index contributed by atoms with van der Waals surface area (Å²) in [5, 5.41) is 9.92. The normalized spacial score (nSPS) is 14.0. The molecule has 4 heterocycles. The summed E-state index contributed by atoms with van der Waals surface area (Å²) in [7, 11) is 0. The van der Waals surface area contributed by atoms with E-state index in [1.165, 1.54) is 71.3 Å². The van der Waals surface area contributed by atoms with Crippen LogP contribution in [-0.4, -0.2) is 25.6 Å². The van der Waals surface area contributed by atoms with Gasteiger partial charge < -0.3 is 9.88 Å². The molecule has 262 valence electrons. The SMILES string of the molecule is CC.Cc1cc(-c2ccc3c(c2)c2ccccc2n3-c2nc(C3=CC=CCN3)c3c(n2)-c2ccccc2C3)cc2c3c(n(-c4ccccc4)c12)=CCCC=3. The van der Waals surface area contributed by atoms with Gasteiger partial charge in [0.2, 0.25) is 5.95 Å². The highest BCUT2D eigenvalue weighted by Crippen LogP contribution is 2.41. The van der Waals surface area contributed by atoms with E-state index in [-0.39, 0.29) is 0 Å². The van der Waals surface area contributed by atoms with Crippen molar-refractivity contribution in [3.8, 4) is 34.0 Å². The maximum Gasteiger partial charge on any atom is 0.235 e. The molecular formula is C49H41N5. The Morgan fingerprint density at radius 1 is 0.667 bits per heavy atom. The van der Waals surface area contributed by atoms with Crippen molar-refractivity contribution in [3.63, 3.8) is 0 Å². The molecule has 0 radical (unpaired) electrons. The Labute approximate surface area is 315 Å². The first-order chi connectivity index (χ1) is 26.7. The van der Waals surface area contributed by atoms with Crippen LogP contribution >= 0.6 is 0 Å². The Morgan fingerprint density at radius 3 is 2.30 bits per heavy atom. The largest absolute Gasteiger partial charge is 0.380 e. The number of aromatic nitrogens is 4. The van der Waals surface area contributed by atoms with Crippen LogP contribution in [0.1, 0.15) is 49.1 Å². The number of nitrogens with zero attached hydrogens (tertiary/aromatic N) is 4. The fourth-order valence-corrected chi connectivity index (χ4v) is 8.81. The van der Waals surface area contributed by atoms with Gasteiger partial charge in [-0.25, -0.2) is 9.97 Å². The van der Waals surface area contributed by atoms with Gasteiger partial charge in [0.25, 0.3) is 0 Å². The van der Waals surface area contributed by atoms with Crippen LogP contribution in [0.4, 0.5) is 0 Å². The molecule has 11 rings (SSSR count). The molecule has 5 aromatic carbocycles. The topological polar surface area (TPSA) is 47.7 Å². The molecule has 0 fully saturated rings. The number of benzene rings is 5. The lowest BCUT2D eigenvalue weighted by molar-refractivity contribution is 0.930. The van der Waals surface area contributed by atoms with Crippen molar-refractivity contribution in [2.45, 2.75) is 40.0 Å². The van der Waals surface area contributed by atoms with Crippen molar-refractivity contribution in [2.75, 3.05) is 6.54 Å². The van der Waals surface area contributed by atoms with Crippen molar-refractivity contribution in [1.29, 1.82) is 0 Å². The minimum absolute atomic E-state index is 0.694. The third-order valence-electron chi connectivity index (χ3n) is 11.1. The average molecular weight is 700 g/mol. The van der Waals surface area contributed by atoms with E-state index in [4.69, 9.17) is 9.97 Å². The van der Waals surface area contributed by atoms with Crippen molar-refractivity contribution in [2.24, 2.45) is 0 Å². The minimum Gasteiger partial charge on any atom is -0.380 e. The smallest absolute Gasteiger partial charge is 0.235 e. The van der Waals surface area contributed by atoms with E-state index >= 15 is 0 Å². The maximum atomic E-state index is 5.37. The third kappa shape index (κ3) is 4.92. The molecule has 1 N–H and O–H groups in total. The molecule has 1 aliphatic heterocycles. The van der Waals surface area contributed by atoms with E-state index in [0.29, 0.717) is 5.95 Å². The van der Waals surface area contributed by atoms with Crippen LogP contribution < -0.4 is 15.9 Å². The van der Waals surface area contributed by atoms with Gasteiger partial charge in [0, 0.05) is 56.5 Å². The first-order valence-corrected chi connectivity index (χ1v) is 19.3. The highest BCUT2D eigenvalue weighted by atomic mass is 15.2. The Kier molecular flexibility index (Phi) is 7.69. The van der Waals surface area contributed by atoms with E-state index in [1.807, 2.05) is 13.8 Å². The molecule has 3 aliphatic rings. The van der Waals surface area contributed by atoms with Crippen molar-refractivity contribution in [1.82, 2.24) is 24.4 Å². The van der Waals surface area contributed by atoms with Gasteiger partial charge in [-0.1, -0.05) is 105 Å². The van der Waals surface area contributed by atoms with E-state index in [1.54, 1.807) is 0 Å². The molecule has 5 heteroatoms. The fraction of sp³-hybridized carbons (Fsp3) is 0.143. The molecule has 0 amide bonds. The van der Waals surface area contributed by atoms with Crippen LogP contribution in [0.3, 0.4) is 0 Å². The van der Waals surface area contributed by atoms with Crippen LogP contribution in [0.5, 0.6) is 0 Å². The van der Waals surface area contributed by atoms with E-state index in [0.717, 1.165) is 53.9 Å². The predicted octanol–water partition coefficient (Wildman–Crippen LogP) is 9.95. The van der Waals surface area contributed by atoms with Crippen LogP contribution in [-0.2, 0) is 6.42 Å². The van der Waals surface area contributed by atoms with Gasteiger partial charge in [-0.05, 0) is 90.6 Å². The quantitative estimate of drug-likeness (QED) is 0.199. The predicted molar refractivity (Wildman–Crippen MR) is 226 cm³/mol. The van der Waals surface area contributed by atoms with Crippen LogP contribution in [0.2, 0.25) is 0 Å². The lowest BCUT2D eigenvalue weighted by Crippen LogP contribution is -2.30.